The van der Waals surface area contributed by atoms with E-state index in [1.165, 1.54) is 12.1 Å². The van der Waals surface area contributed by atoms with E-state index < -0.39 is 5.97 Å². The maximum absolute atomic E-state index is 13.1. The van der Waals surface area contributed by atoms with Crippen molar-refractivity contribution in [2.75, 3.05) is 13.6 Å². The van der Waals surface area contributed by atoms with Crippen LogP contribution in [0.1, 0.15) is 24.9 Å². The Hall–Kier alpha value is -1.42. The van der Waals surface area contributed by atoms with Crippen LogP contribution >= 0.6 is 0 Å². The second-order valence-electron chi connectivity index (χ2n) is 3.79. The van der Waals surface area contributed by atoms with Crippen molar-refractivity contribution in [2.45, 2.75) is 19.4 Å². The largest absolute Gasteiger partial charge is 0.480 e. The quantitative estimate of drug-likeness (QED) is 0.835. The zero-order chi connectivity index (χ0) is 12.1. The zero-order valence-corrected chi connectivity index (χ0v) is 9.48. The van der Waals surface area contributed by atoms with E-state index in [2.05, 4.69) is 0 Å². The van der Waals surface area contributed by atoms with E-state index in [9.17, 15) is 9.18 Å². The van der Waals surface area contributed by atoms with Gasteiger partial charge in [-0.3, -0.25) is 9.69 Å². The lowest BCUT2D eigenvalue weighted by Crippen LogP contribution is -2.29. The average Bonchev–Trinajstić information content (AvgIpc) is 2.17. The Kier molecular flexibility index (Phi) is 4.43. The Morgan fingerprint density at radius 3 is 2.75 bits per heavy atom. The Bertz CT molecular complexity index is 368. The summed E-state index contributed by atoms with van der Waals surface area (Å²) < 4.78 is 13.1. The molecular formula is C12H16FNO2. The average molecular weight is 225 g/mol. The van der Waals surface area contributed by atoms with Crippen LogP contribution in [0.4, 0.5) is 4.39 Å². The number of likely N-dealkylation sites (N-methyl/N-ethyl adjacent to an activating group) is 1. The standard InChI is InChI=1S/C12H16FNO2/c1-3-11(14(2)8-12(15)16)9-5-4-6-10(13)7-9/h4-7,11H,3,8H2,1-2H3,(H,15,16). The summed E-state index contributed by atoms with van der Waals surface area (Å²) in [4.78, 5) is 12.3. The summed E-state index contributed by atoms with van der Waals surface area (Å²) in [5.41, 5.74) is 0.811. The van der Waals surface area contributed by atoms with Crippen LogP contribution in [-0.2, 0) is 4.79 Å². The SMILES string of the molecule is CCC(c1cccc(F)c1)N(C)CC(=O)O. The molecule has 0 radical (unpaired) electrons. The highest BCUT2D eigenvalue weighted by atomic mass is 19.1. The minimum atomic E-state index is -0.877. The second kappa shape index (κ2) is 5.61. The van der Waals surface area contributed by atoms with E-state index in [1.54, 1.807) is 18.0 Å². The maximum Gasteiger partial charge on any atom is 0.317 e. The number of nitrogens with zero attached hydrogens (tertiary/aromatic N) is 1. The van der Waals surface area contributed by atoms with E-state index in [4.69, 9.17) is 5.11 Å². The summed E-state index contributed by atoms with van der Waals surface area (Å²) in [6.45, 7) is 1.91. The molecule has 88 valence electrons. The molecule has 1 aromatic rings. The molecule has 0 fully saturated rings. The van der Waals surface area contributed by atoms with Gasteiger partial charge in [0.2, 0.25) is 0 Å². The number of hydrogen-bond acceptors (Lipinski definition) is 2. The molecule has 1 rings (SSSR count). The van der Waals surface area contributed by atoms with Crippen LogP contribution < -0.4 is 0 Å². The zero-order valence-electron chi connectivity index (χ0n) is 9.48. The summed E-state index contributed by atoms with van der Waals surface area (Å²) in [5, 5.41) is 8.71. The van der Waals surface area contributed by atoms with Crippen LogP contribution in [0, 0.1) is 5.82 Å². The number of aliphatic carboxylic acids is 1. The fraction of sp³-hybridized carbons (Fsp3) is 0.417. The van der Waals surface area contributed by atoms with Crippen molar-refractivity contribution in [1.29, 1.82) is 0 Å². The maximum atomic E-state index is 13.1. The van der Waals surface area contributed by atoms with Gasteiger partial charge in [-0.25, -0.2) is 4.39 Å². The van der Waals surface area contributed by atoms with Gasteiger partial charge in [0.15, 0.2) is 0 Å². The molecular weight excluding hydrogens is 209 g/mol. The minimum Gasteiger partial charge on any atom is -0.480 e. The van der Waals surface area contributed by atoms with Gasteiger partial charge in [-0.05, 0) is 31.2 Å². The number of halogens is 1. The van der Waals surface area contributed by atoms with E-state index >= 15 is 0 Å². The molecule has 1 unspecified atom stereocenters. The Balaban J connectivity index is 2.85. The molecule has 0 aliphatic carbocycles. The van der Waals surface area contributed by atoms with Gasteiger partial charge in [0.05, 0.1) is 6.54 Å². The van der Waals surface area contributed by atoms with Crippen LogP contribution in [0.5, 0.6) is 0 Å². The number of hydrogen-bond donors (Lipinski definition) is 1. The van der Waals surface area contributed by atoms with Crippen molar-refractivity contribution in [3.63, 3.8) is 0 Å². The summed E-state index contributed by atoms with van der Waals surface area (Å²) in [5.74, 6) is -1.17. The Morgan fingerprint density at radius 1 is 1.56 bits per heavy atom. The van der Waals surface area contributed by atoms with Crippen molar-refractivity contribution in [1.82, 2.24) is 4.90 Å². The topological polar surface area (TPSA) is 40.5 Å². The number of benzene rings is 1. The van der Waals surface area contributed by atoms with Crippen LogP contribution in [-0.4, -0.2) is 29.6 Å². The molecule has 0 bridgehead atoms. The molecule has 16 heavy (non-hydrogen) atoms. The summed E-state index contributed by atoms with van der Waals surface area (Å²) >= 11 is 0. The van der Waals surface area contributed by atoms with Gasteiger partial charge in [0.25, 0.3) is 0 Å². The number of carboxylic acid groups (broad SMARTS) is 1. The van der Waals surface area contributed by atoms with Gasteiger partial charge in [-0.1, -0.05) is 19.1 Å². The molecule has 0 heterocycles. The molecule has 4 heteroatoms. The van der Waals surface area contributed by atoms with Gasteiger partial charge in [-0.2, -0.15) is 0 Å². The first kappa shape index (κ1) is 12.6. The Labute approximate surface area is 94.5 Å². The van der Waals surface area contributed by atoms with E-state index in [0.717, 1.165) is 12.0 Å². The molecule has 3 nitrogen and oxygen atoms in total. The summed E-state index contributed by atoms with van der Waals surface area (Å²) in [7, 11) is 1.73. The van der Waals surface area contributed by atoms with Crippen LogP contribution in [0.2, 0.25) is 0 Å². The molecule has 1 atom stereocenters. The molecule has 1 N–H and O–H groups in total. The van der Waals surface area contributed by atoms with Crippen molar-refractivity contribution in [3.8, 4) is 0 Å². The van der Waals surface area contributed by atoms with E-state index in [0.29, 0.717) is 0 Å². The first-order chi connectivity index (χ1) is 7.54. The molecule has 0 saturated carbocycles. The fourth-order valence-corrected chi connectivity index (χ4v) is 1.84. The van der Waals surface area contributed by atoms with E-state index in [-0.39, 0.29) is 18.4 Å². The predicted molar refractivity (Wildman–Crippen MR) is 59.7 cm³/mol. The smallest absolute Gasteiger partial charge is 0.317 e. The third-order valence-electron chi connectivity index (χ3n) is 2.54. The van der Waals surface area contributed by atoms with Crippen molar-refractivity contribution in [3.05, 3.63) is 35.6 Å². The number of rotatable bonds is 5. The third-order valence-corrected chi connectivity index (χ3v) is 2.54. The molecule has 0 saturated heterocycles. The van der Waals surface area contributed by atoms with Gasteiger partial charge in [-0.15, -0.1) is 0 Å². The summed E-state index contributed by atoms with van der Waals surface area (Å²) in [6, 6.07) is 6.23. The highest BCUT2D eigenvalue weighted by Gasteiger charge is 2.17. The minimum absolute atomic E-state index is 0.0466. The normalized spacial score (nSPS) is 12.8. The molecule has 1 aromatic carbocycles. The Morgan fingerprint density at radius 2 is 2.25 bits per heavy atom. The highest BCUT2D eigenvalue weighted by Crippen LogP contribution is 2.22. The van der Waals surface area contributed by atoms with E-state index in [1.807, 2.05) is 13.0 Å². The predicted octanol–water partition coefficient (Wildman–Crippen LogP) is 2.29. The third kappa shape index (κ3) is 3.31. The molecule has 0 aliphatic heterocycles. The monoisotopic (exact) mass is 225 g/mol. The summed E-state index contributed by atoms with van der Waals surface area (Å²) in [6.07, 6.45) is 0.743. The number of carboxylic acids is 1. The lowest BCUT2D eigenvalue weighted by atomic mass is 10.0. The molecule has 0 amide bonds. The van der Waals surface area contributed by atoms with Gasteiger partial charge in [0, 0.05) is 6.04 Å². The number of carbonyl (C=O) groups is 1. The molecule has 0 aromatic heterocycles. The van der Waals surface area contributed by atoms with Crippen molar-refractivity contribution < 1.29 is 14.3 Å². The lowest BCUT2D eigenvalue weighted by Gasteiger charge is -2.25. The van der Waals surface area contributed by atoms with Crippen molar-refractivity contribution >= 4 is 5.97 Å². The second-order valence-corrected chi connectivity index (χ2v) is 3.79. The fourth-order valence-electron chi connectivity index (χ4n) is 1.84. The first-order valence-electron chi connectivity index (χ1n) is 5.22. The van der Waals surface area contributed by atoms with Crippen molar-refractivity contribution in [2.24, 2.45) is 0 Å². The van der Waals surface area contributed by atoms with Gasteiger partial charge < -0.3 is 5.11 Å². The van der Waals surface area contributed by atoms with Crippen LogP contribution in [0.3, 0.4) is 0 Å². The lowest BCUT2D eigenvalue weighted by molar-refractivity contribution is -0.138. The van der Waals surface area contributed by atoms with Crippen LogP contribution in [0.15, 0.2) is 24.3 Å². The van der Waals surface area contributed by atoms with Gasteiger partial charge >= 0.3 is 5.97 Å². The molecule has 0 aliphatic rings. The molecule has 0 spiro atoms. The highest BCUT2D eigenvalue weighted by molar-refractivity contribution is 5.69. The first-order valence-corrected chi connectivity index (χ1v) is 5.22. The van der Waals surface area contributed by atoms with Gasteiger partial charge in [0.1, 0.15) is 5.82 Å². The van der Waals surface area contributed by atoms with Crippen LogP contribution in [0.25, 0.3) is 0 Å².